The van der Waals surface area contributed by atoms with E-state index in [1.807, 2.05) is 30.3 Å². The molecule has 1 aromatic carbocycles. The number of amides is 1. The molecule has 0 saturated heterocycles. The van der Waals surface area contributed by atoms with Gasteiger partial charge >= 0.3 is 5.97 Å². The maximum absolute atomic E-state index is 11.5. The Bertz CT molecular complexity index is 381. The molecule has 5 heteroatoms. The number of carbonyl (C=O) groups is 2. The monoisotopic (exact) mass is 253 g/mol. The topological polar surface area (TPSA) is 66.4 Å². The Morgan fingerprint density at radius 2 is 2.00 bits per heavy atom. The Hall–Kier alpha value is -1.49. The lowest BCUT2D eigenvalue weighted by molar-refractivity contribution is -0.137. The van der Waals surface area contributed by atoms with Gasteiger partial charge in [0.15, 0.2) is 0 Å². The normalized spacial score (nSPS) is 11.8. The smallest absolute Gasteiger partial charge is 0.305 e. The molecule has 1 rings (SSSR count). The number of carbonyl (C=O) groups excluding carboxylic acids is 1. The van der Waals surface area contributed by atoms with Crippen LogP contribution in [0.15, 0.2) is 35.2 Å². The van der Waals surface area contributed by atoms with Crippen LogP contribution in [0, 0.1) is 0 Å². The maximum atomic E-state index is 11.5. The first kappa shape index (κ1) is 13.6. The molecule has 0 aliphatic carbocycles. The molecule has 0 aliphatic heterocycles. The lowest BCUT2D eigenvalue weighted by atomic mass is 10.2. The summed E-state index contributed by atoms with van der Waals surface area (Å²) in [5.41, 5.74) is 0. The van der Waals surface area contributed by atoms with Crippen LogP contribution in [0.1, 0.15) is 13.3 Å². The lowest BCUT2D eigenvalue weighted by Gasteiger charge is -2.11. The van der Waals surface area contributed by atoms with Gasteiger partial charge in [0, 0.05) is 10.9 Å². The Balaban J connectivity index is 2.28. The predicted molar refractivity (Wildman–Crippen MR) is 67.0 cm³/mol. The second-order valence-corrected chi connectivity index (χ2v) is 4.72. The Labute approximate surface area is 104 Å². The maximum Gasteiger partial charge on any atom is 0.305 e. The van der Waals surface area contributed by atoms with E-state index in [1.54, 1.807) is 6.92 Å². The van der Waals surface area contributed by atoms with Crippen molar-refractivity contribution in [3.8, 4) is 0 Å². The third kappa shape index (κ3) is 5.97. The van der Waals surface area contributed by atoms with Crippen LogP contribution in [0.3, 0.4) is 0 Å². The number of hydrogen-bond acceptors (Lipinski definition) is 3. The van der Waals surface area contributed by atoms with Gasteiger partial charge in [-0.3, -0.25) is 9.59 Å². The van der Waals surface area contributed by atoms with Gasteiger partial charge in [0.2, 0.25) is 5.91 Å². The van der Waals surface area contributed by atoms with Crippen LogP contribution < -0.4 is 5.32 Å². The number of carboxylic acid groups (broad SMARTS) is 1. The second kappa shape index (κ2) is 6.96. The van der Waals surface area contributed by atoms with Gasteiger partial charge in [-0.15, -0.1) is 11.8 Å². The van der Waals surface area contributed by atoms with Crippen molar-refractivity contribution in [1.29, 1.82) is 0 Å². The van der Waals surface area contributed by atoms with Crippen LogP contribution >= 0.6 is 11.8 Å². The van der Waals surface area contributed by atoms with Gasteiger partial charge in [-0.1, -0.05) is 18.2 Å². The molecule has 17 heavy (non-hydrogen) atoms. The summed E-state index contributed by atoms with van der Waals surface area (Å²) in [4.78, 5) is 22.9. The molecule has 0 heterocycles. The van der Waals surface area contributed by atoms with E-state index in [4.69, 9.17) is 5.11 Å². The summed E-state index contributed by atoms with van der Waals surface area (Å²) in [6.45, 7) is 1.68. The van der Waals surface area contributed by atoms with E-state index in [2.05, 4.69) is 5.32 Å². The van der Waals surface area contributed by atoms with Crippen LogP contribution in [-0.2, 0) is 9.59 Å². The van der Waals surface area contributed by atoms with Crippen LogP contribution in [-0.4, -0.2) is 28.8 Å². The highest BCUT2D eigenvalue weighted by Crippen LogP contribution is 2.16. The third-order valence-electron chi connectivity index (χ3n) is 2.00. The van der Waals surface area contributed by atoms with Gasteiger partial charge in [0.05, 0.1) is 12.2 Å². The predicted octanol–water partition coefficient (Wildman–Crippen LogP) is 1.76. The van der Waals surface area contributed by atoms with Crippen molar-refractivity contribution < 1.29 is 14.7 Å². The SMILES string of the molecule is C[C@H](CC(=O)O)NC(=O)CSc1ccccc1. The Kier molecular flexibility index (Phi) is 5.56. The molecule has 0 saturated carbocycles. The summed E-state index contributed by atoms with van der Waals surface area (Å²) in [6.07, 6.45) is -0.0538. The molecule has 0 fully saturated rings. The molecule has 0 aliphatic rings. The summed E-state index contributed by atoms with van der Waals surface area (Å²) >= 11 is 1.43. The standard InChI is InChI=1S/C12H15NO3S/c1-9(7-12(15)16)13-11(14)8-17-10-5-3-2-4-6-10/h2-6,9H,7-8H2,1H3,(H,13,14)(H,15,16)/t9-/m1/s1. The van der Waals surface area contributed by atoms with E-state index in [9.17, 15) is 9.59 Å². The number of nitrogens with one attached hydrogen (secondary N) is 1. The van der Waals surface area contributed by atoms with Crippen molar-refractivity contribution in [2.45, 2.75) is 24.3 Å². The van der Waals surface area contributed by atoms with Gasteiger partial charge in [-0.2, -0.15) is 0 Å². The van der Waals surface area contributed by atoms with E-state index in [0.29, 0.717) is 5.75 Å². The van der Waals surface area contributed by atoms with Crippen LogP contribution in [0.2, 0.25) is 0 Å². The molecule has 1 atom stereocenters. The fourth-order valence-corrected chi connectivity index (χ4v) is 2.03. The third-order valence-corrected chi connectivity index (χ3v) is 3.01. The first-order valence-corrected chi connectivity index (χ1v) is 6.25. The zero-order valence-electron chi connectivity index (χ0n) is 9.55. The molecule has 0 radical (unpaired) electrons. The van der Waals surface area contributed by atoms with E-state index in [0.717, 1.165) is 4.90 Å². The molecule has 92 valence electrons. The van der Waals surface area contributed by atoms with Crippen molar-refractivity contribution in [3.05, 3.63) is 30.3 Å². The van der Waals surface area contributed by atoms with Crippen molar-refractivity contribution in [1.82, 2.24) is 5.32 Å². The van der Waals surface area contributed by atoms with E-state index < -0.39 is 5.97 Å². The fourth-order valence-electron chi connectivity index (χ4n) is 1.30. The second-order valence-electron chi connectivity index (χ2n) is 3.67. The molecule has 0 spiro atoms. The molecule has 0 unspecified atom stereocenters. The van der Waals surface area contributed by atoms with Crippen LogP contribution in [0.5, 0.6) is 0 Å². The number of hydrogen-bond donors (Lipinski definition) is 2. The fraction of sp³-hybridized carbons (Fsp3) is 0.333. The highest BCUT2D eigenvalue weighted by atomic mass is 32.2. The average Bonchev–Trinajstić information content (AvgIpc) is 2.26. The van der Waals surface area contributed by atoms with Gasteiger partial charge in [0.25, 0.3) is 0 Å². The summed E-state index contributed by atoms with van der Waals surface area (Å²) in [5.74, 6) is -0.755. The molecule has 0 aromatic heterocycles. The summed E-state index contributed by atoms with van der Waals surface area (Å²) < 4.78 is 0. The average molecular weight is 253 g/mol. The van der Waals surface area contributed by atoms with Crippen molar-refractivity contribution in [2.24, 2.45) is 0 Å². The number of thioether (sulfide) groups is 1. The van der Waals surface area contributed by atoms with Crippen molar-refractivity contribution >= 4 is 23.6 Å². The zero-order valence-corrected chi connectivity index (χ0v) is 10.4. The van der Waals surface area contributed by atoms with Gasteiger partial charge in [0.1, 0.15) is 0 Å². The zero-order chi connectivity index (χ0) is 12.7. The molecule has 1 aromatic rings. The number of rotatable bonds is 6. The van der Waals surface area contributed by atoms with E-state index >= 15 is 0 Å². The summed E-state index contributed by atoms with van der Waals surface area (Å²) in [5, 5.41) is 11.2. The minimum absolute atomic E-state index is 0.0538. The molecule has 2 N–H and O–H groups in total. The minimum atomic E-state index is -0.909. The summed E-state index contributed by atoms with van der Waals surface area (Å²) in [6, 6.07) is 9.26. The first-order chi connectivity index (χ1) is 8.08. The Morgan fingerprint density at radius 3 is 2.59 bits per heavy atom. The molecule has 1 amide bonds. The quantitative estimate of drug-likeness (QED) is 0.758. The lowest BCUT2D eigenvalue weighted by Crippen LogP contribution is -2.35. The highest BCUT2D eigenvalue weighted by molar-refractivity contribution is 8.00. The number of benzene rings is 1. The summed E-state index contributed by atoms with van der Waals surface area (Å²) in [7, 11) is 0. The van der Waals surface area contributed by atoms with E-state index in [-0.39, 0.29) is 18.4 Å². The molecule has 0 bridgehead atoms. The molecule has 4 nitrogen and oxygen atoms in total. The van der Waals surface area contributed by atoms with Crippen LogP contribution in [0.25, 0.3) is 0 Å². The number of aliphatic carboxylic acids is 1. The van der Waals surface area contributed by atoms with Gasteiger partial charge in [-0.25, -0.2) is 0 Å². The molecular formula is C12H15NO3S. The Morgan fingerprint density at radius 1 is 1.35 bits per heavy atom. The minimum Gasteiger partial charge on any atom is -0.481 e. The van der Waals surface area contributed by atoms with E-state index in [1.165, 1.54) is 11.8 Å². The highest BCUT2D eigenvalue weighted by Gasteiger charge is 2.10. The number of carboxylic acids is 1. The largest absolute Gasteiger partial charge is 0.481 e. The van der Waals surface area contributed by atoms with Crippen molar-refractivity contribution in [2.75, 3.05) is 5.75 Å². The van der Waals surface area contributed by atoms with Gasteiger partial charge < -0.3 is 10.4 Å². The molecular weight excluding hydrogens is 238 g/mol. The van der Waals surface area contributed by atoms with Crippen LogP contribution in [0.4, 0.5) is 0 Å². The van der Waals surface area contributed by atoms with Gasteiger partial charge in [-0.05, 0) is 19.1 Å². The first-order valence-electron chi connectivity index (χ1n) is 5.27. The van der Waals surface area contributed by atoms with Crippen molar-refractivity contribution in [3.63, 3.8) is 0 Å².